The molecule has 4 rings (SSSR count). The molecule has 12 heteroatoms. The van der Waals surface area contributed by atoms with Crippen molar-refractivity contribution in [3.05, 3.63) is 83.9 Å². The number of benzene rings is 3. The second-order valence-electron chi connectivity index (χ2n) is 13.1. The lowest BCUT2D eigenvalue weighted by Crippen LogP contribution is -2.56. The summed E-state index contributed by atoms with van der Waals surface area (Å²) in [5.74, 6) is -2.32. The summed E-state index contributed by atoms with van der Waals surface area (Å²) in [6, 6.07) is 21.4. The lowest BCUT2D eigenvalue weighted by atomic mass is 9.77. The van der Waals surface area contributed by atoms with Gasteiger partial charge < -0.3 is 33.9 Å². The predicted octanol–water partition coefficient (Wildman–Crippen LogP) is 6.68. The van der Waals surface area contributed by atoms with Gasteiger partial charge in [-0.2, -0.15) is 13.2 Å². The molecule has 9 nitrogen and oxygen atoms in total. The molecule has 0 bridgehead atoms. The van der Waals surface area contributed by atoms with E-state index < -0.39 is 54.8 Å². The molecule has 1 heterocycles. The third kappa shape index (κ3) is 10.9. The third-order valence-corrected chi connectivity index (χ3v) is 8.01. The molecule has 3 aromatic rings. The summed E-state index contributed by atoms with van der Waals surface area (Å²) >= 11 is 0. The normalized spacial score (nSPS) is 18.1. The maximum Gasteiger partial charge on any atom is 0.410 e. The van der Waals surface area contributed by atoms with Crippen molar-refractivity contribution in [3.63, 3.8) is 0 Å². The lowest BCUT2D eigenvalue weighted by Gasteiger charge is -2.43. The molecular weight excluding hydrogens is 641 g/mol. The first-order valence-electron chi connectivity index (χ1n) is 16.1. The van der Waals surface area contributed by atoms with Crippen LogP contribution in [-0.4, -0.2) is 91.9 Å². The fraction of sp³-hybridized carbons (Fsp3) is 0.459. The summed E-state index contributed by atoms with van der Waals surface area (Å²) in [4.78, 5) is 29.6. The Balaban J connectivity index is 1.73. The number of carbonyl (C=O) groups excluding carboxylic acids is 2. The number of alkyl halides is 3. The monoisotopic (exact) mass is 686 g/mol. The van der Waals surface area contributed by atoms with E-state index in [0.717, 1.165) is 11.1 Å². The van der Waals surface area contributed by atoms with Gasteiger partial charge in [-0.3, -0.25) is 4.79 Å². The molecule has 0 unspecified atom stereocenters. The molecule has 49 heavy (non-hydrogen) atoms. The molecule has 2 amide bonds. The molecular formula is C37H45F3N2O7. The molecule has 266 valence electrons. The zero-order chi connectivity index (χ0) is 35.8. The van der Waals surface area contributed by atoms with Crippen LogP contribution in [-0.2, 0) is 20.8 Å². The Bertz CT molecular complexity index is 1540. The summed E-state index contributed by atoms with van der Waals surface area (Å²) in [7, 11) is 2.99. The molecule has 1 aliphatic rings. The number of hydrogen-bond donors (Lipinski definition) is 1. The molecule has 0 saturated carbocycles. The minimum absolute atomic E-state index is 0.169. The van der Waals surface area contributed by atoms with Crippen molar-refractivity contribution in [1.29, 1.82) is 0 Å². The molecule has 1 fully saturated rings. The summed E-state index contributed by atoms with van der Waals surface area (Å²) < 4.78 is 64.2. The Morgan fingerprint density at radius 2 is 1.59 bits per heavy atom. The van der Waals surface area contributed by atoms with Crippen molar-refractivity contribution >= 4 is 12.0 Å². The minimum Gasteiger partial charge on any atom is -0.497 e. The zero-order valence-electron chi connectivity index (χ0n) is 28.5. The Kier molecular flexibility index (Phi) is 12.6. The number of amides is 2. The number of piperidine rings is 1. The number of aliphatic hydroxyl groups is 1. The highest BCUT2D eigenvalue weighted by molar-refractivity contribution is 5.82. The van der Waals surface area contributed by atoms with Crippen LogP contribution in [0.2, 0.25) is 0 Å². The van der Waals surface area contributed by atoms with Gasteiger partial charge >= 0.3 is 12.3 Å². The van der Waals surface area contributed by atoms with Crippen LogP contribution in [0.1, 0.15) is 44.2 Å². The topological polar surface area (TPSA) is 97.8 Å². The Labute approximate surface area is 285 Å². The second kappa shape index (κ2) is 16.4. The van der Waals surface area contributed by atoms with Gasteiger partial charge in [0.15, 0.2) is 0 Å². The van der Waals surface area contributed by atoms with Gasteiger partial charge in [0.05, 0.1) is 32.3 Å². The summed E-state index contributed by atoms with van der Waals surface area (Å²) in [6.07, 6.45) is -6.20. The smallest absolute Gasteiger partial charge is 0.410 e. The number of nitrogens with zero attached hydrogens (tertiary/aromatic N) is 2. The predicted molar refractivity (Wildman–Crippen MR) is 178 cm³/mol. The highest BCUT2D eigenvalue weighted by Gasteiger charge is 2.46. The first-order valence-corrected chi connectivity index (χ1v) is 16.1. The van der Waals surface area contributed by atoms with Crippen molar-refractivity contribution in [2.75, 3.05) is 47.1 Å². The van der Waals surface area contributed by atoms with E-state index >= 15 is 0 Å². The maximum absolute atomic E-state index is 14.5. The number of likely N-dealkylation sites (tertiary alicyclic amines) is 1. The van der Waals surface area contributed by atoms with Crippen molar-refractivity contribution in [3.8, 4) is 22.6 Å². The number of β-amino-alcohol motifs (C(OH)–C–C–N with tert-alkyl or cyclic N) is 1. The fourth-order valence-corrected chi connectivity index (χ4v) is 5.95. The van der Waals surface area contributed by atoms with Gasteiger partial charge in [-0.25, -0.2) is 4.79 Å². The van der Waals surface area contributed by atoms with Gasteiger partial charge in [-0.15, -0.1) is 0 Å². The van der Waals surface area contributed by atoms with Crippen molar-refractivity contribution in [1.82, 2.24) is 9.80 Å². The van der Waals surface area contributed by atoms with Gasteiger partial charge in [-0.05, 0) is 55.2 Å². The van der Waals surface area contributed by atoms with Gasteiger partial charge in [0.2, 0.25) is 5.91 Å². The van der Waals surface area contributed by atoms with Gasteiger partial charge in [0, 0.05) is 45.2 Å². The molecule has 3 atom stereocenters. The van der Waals surface area contributed by atoms with E-state index in [9.17, 15) is 27.9 Å². The van der Waals surface area contributed by atoms with Crippen molar-refractivity contribution < 1.29 is 46.8 Å². The first kappa shape index (κ1) is 37.5. The molecule has 0 aromatic heterocycles. The van der Waals surface area contributed by atoms with Gasteiger partial charge in [0.1, 0.15) is 23.6 Å². The van der Waals surface area contributed by atoms with E-state index in [1.54, 1.807) is 58.2 Å². The summed E-state index contributed by atoms with van der Waals surface area (Å²) in [5.41, 5.74) is 1.75. The Hall–Kier alpha value is -4.29. The van der Waals surface area contributed by atoms with E-state index in [0.29, 0.717) is 47.2 Å². The van der Waals surface area contributed by atoms with E-state index in [1.165, 1.54) is 12.0 Å². The van der Waals surface area contributed by atoms with Gasteiger partial charge in [-0.1, -0.05) is 54.6 Å². The summed E-state index contributed by atoms with van der Waals surface area (Å²) in [5, 5.41) is 11.6. The zero-order valence-corrected chi connectivity index (χ0v) is 28.5. The van der Waals surface area contributed by atoms with Crippen LogP contribution < -0.4 is 9.47 Å². The van der Waals surface area contributed by atoms with Crippen molar-refractivity contribution in [2.24, 2.45) is 5.92 Å². The van der Waals surface area contributed by atoms with Crippen LogP contribution in [0.5, 0.6) is 11.5 Å². The number of halogens is 3. The van der Waals surface area contributed by atoms with E-state index in [2.05, 4.69) is 0 Å². The third-order valence-electron chi connectivity index (χ3n) is 8.01. The van der Waals surface area contributed by atoms with Crippen LogP contribution in [0.15, 0.2) is 72.8 Å². The fourth-order valence-electron chi connectivity index (χ4n) is 5.95. The number of aliphatic hydroxyl groups excluding tert-OH is 1. The Morgan fingerprint density at radius 1 is 0.898 bits per heavy atom. The molecule has 1 saturated heterocycles. The average molecular weight is 687 g/mol. The SMILES string of the molecule is COCCCOc1cc(CN(CC(F)(F)F)C(=O)[C@H]2CN(C(=O)OC(C)(C)C)C[C@@H](O)[C@@H]2c2cccc(-c3ccccc3)c2)cc(OC)c1. The van der Waals surface area contributed by atoms with Crippen LogP contribution >= 0.6 is 0 Å². The first-order chi connectivity index (χ1) is 23.2. The molecule has 3 aromatic carbocycles. The van der Waals surface area contributed by atoms with E-state index in [4.69, 9.17) is 18.9 Å². The summed E-state index contributed by atoms with van der Waals surface area (Å²) in [6.45, 7) is 3.40. The average Bonchev–Trinajstić information content (AvgIpc) is 3.04. The number of methoxy groups -OCH3 is 2. The maximum atomic E-state index is 14.5. The van der Waals surface area contributed by atoms with Crippen LogP contribution in [0.25, 0.3) is 11.1 Å². The largest absolute Gasteiger partial charge is 0.497 e. The van der Waals surface area contributed by atoms with E-state index in [1.807, 2.05) is 42.5 Å². The van der Waals surface area contributed by atoms with Crippen molar-refractivity contribution in [2.45, 2.75) is 57.5 Å². The van der Waals surface area contributed by atoms with Crippen LogP contribution in [0, 0.1) is 5.92 Å². The number of carbonyl (C=O) groups is 2. The lowest BCUT2D eigenvalue weighted by molar-refractivity contribution is -0.167. The number of hydrogen-bond acceptors (Lipinski definition) is 7. The van der Waals surface area contributed by atoms with Crippen LogP contribution in [0.4, 0.5) is 18.0 Å². The van der Waals surface area contributed by atoms with E-state index in [-0.39, 0.29) is 13.1 Å². The number of rotatable bonds is 12. The molecule has 1 N–H and O–H groups in total. The molecule has 0 aliphatic carbocycles. The quantitative estimate of drug-likeness (QED) is 0.212. The standard InChI is InChI=1S/C37H45F3N2O7/c1-36(2,3)49-35(45)41-22-31(33(32(43)23-41)28-14-9-13-27(19-28)26-11-7-6-8-12-26)34(44)42(24-37(38,39)40)21-25-17-29(47-5)20-30(18-25)48-16-10-15-46-4/h6-9,11-14,17-20,31-33,43H,10,15-16,21-24H2,1-5H3/t31-,32+,33+/m0/s1. The van der Waals surface area contributed by atoms with Gasteiger partial charge in [0.25, 0.3) is 0 Å². The molecule has 1 aliphatic heterocycles. The Morgan fingerprint density at radius 3 is 2.24 bits per heavy atom. The number of ether oxygens (including phenoxy) is 4. The second-order valence-corrected chi connectivity index (χ2v) is 13.1. The molecule has 0 spiro atoms. The highest BCUT2D eigenvalue weighted by Crippen LogP contribution is 2.38. The van der Waals surface area contributed by atoms with Crippen LogP contribution in [0.3, 0.4) is 0 Å². The minimum atomic E-state index is -4.74. The highest BCUT2D eigenvalue weighted by atomic mass is 19.4. The molecule has 0 radical (unpaired) electrons.